The van der Waals surface area contributed by atoms with Gasteiger partial charge in [-0.25, -0.2) is 4.98 Å². The first-order valence-electron chi connectivity index (χ1n) is 12.3. The summed E-state index contributed by atoms with van der Waals surface area (Å²) in [7, 11) is 0. The number of imidazole rings is 1. The Bertz CT molecular complexity index is 1380. The van der Waals surface area contributed by atoms with Crippen LogP contribution in [0.3, 0.4) is 0 Å². The monoisotopic (exact) mass is 483 g/mol. The maximum atomic E-state index is 14.0. The summed E-state index contributed by atoms with van der Waals surface area (Å²) in [5, 5.41) is 0. The van der Waals surface area contributed by atoms with Gasteiger partial charge in [0.1, 0.15) is 5.75 Å². The summed E-state index contributed by atoms with van der Waals surface area (Å²) in [6.45, 7) is 4.77. The lowest BCUT2D eigenvalue weighted by Gasteiger charge is -2.38. The van der Waals surface area contributed by atoms with Crippen molar-refractivity contribution in [1.82, 2.24) is 9.55 Å². The molecule has 0 bridgehead atoms. The van der Waals surface area contributed by atoms with Crippen LogP contribution in [-0.2, 0) is 20.7 Å². The first-order valence-corrected chi connectivity index (χ1v) is 12.3. The molecule has 1 aliphatic rings. The number of carbonyl (C=O) groups excluding carboxylic acids is 2. The molecule has 5 rings (SSSR count). The van der Waals surface area contributed by atoms with Gasteiger partial charge in [-0.3, -0.25) is 14.5 Å². The van der Waals surface area contributed by atoms with E-state index in [9.17, 15) is 9.59 Å². The number of benzene rings is 3. The van der Waals surface area contributed by atoms with Gasteiger partial charge in [0, 0.05) is 6.54 Å². The van der Waals surface area contributed by atoms with Crippen LogP contribution in [0.25, 0.3) is 11.0 Å². The first-order chi connectivity index (χ1) is 17.6. The molecule has 0 aliphatic carbocycles. The highest BCUT2D eigenvalue weighted by Crippen LogP contribution is 2.42. The lowest BCUT2D eigenvalue weighted by molar-refractivity contribution is -0.153. The van der Waals surface area contributed by atoms with E-state index in [2.05, 4.69) is 0 Å². The molecular weight excluding hydrogens is 454 g/mol. The number of aromatic nitrogens is 2. The van der Waals surface area contributed by atoms with Crippen LogP contribution in [0, 0.1) is 5.92 Å². The Morgan fingerprint density at radius 2 is 1.72 bits per heavy atom. The average Bonchev–Trinajstić information content (AvgIpc) is 3.28. The van der Waals surface area contributed by atoms with Crippen molar-refractivity contribution < 1.29 is 19.1 Å². The Morgan fingerprint density at radius 3 is 2.50 bits per heavy atom. The third-order valence-electron chi connectivity index (χ3n) is 6.46. The molecule has 36 heavy (non-hydrogen) atoms. The van der Waals surface area contributed by atoms with Crippen molar-refractivity contribution in [3.8, 4) is 5.75 Å². The summed E-state index contributed by atoms with van der Waals surface area (Å²) in [6, 6.07) is 24.7. The molecule has 184 valence electrons. The van der Waals surface area contributed by atoms with Gasteiger partial charge in [0.25, 0.3) is 0 Å². The fourth-order valence-corrected chi connectivity index (χ4v) is 4.90. The van der Waals surface area contributed by atoms with E-state index in [1.807, 2.05) is 90.4 Å². The van der Waals surface area contributed by atoms with E-state index >= 15 is 0 Å². The number of esters is 1. The van der Waals surface area contributed by atoms with Crippen LogP contribution >= 0.6 is 0 Å². The normalized spacial score (nSPS) is 17.2. The van der Waals surface area contributed by atoms with Crippen LogP contribution < -0.4 is 9.64 Å². The van der Waals surface area contributed by atoms with E-state index < -0.39 is 17.9 Å². The van der Waals surface area contributed by atoms with Crippen molar-refractivity contribution in [2.75, 3.05) is 24.7 Å². The van der Waals surface area contributed by atoms with Gasteiger partial charge in [-0.05, 0) is 55.7 Å². The number of ether oxygens (including phenoxy) is 2. The zero-order valence-electron chi connectivity index (χ0n) is 20.5. The van der Waals surface area contributed by atoms with Gasteiger partial charge < -0.3 is 14.0 Å². The minimum atomic E-state index is -1.05. The molecule has 2 atom stereocenters. The van der Waals surface area contributed by atoms with Crippen LogP contribution in [0.1, 0.15) is 31.0 Å². The molecule has 1 aromatic heterocycles. The van der Waals surface area contributed by atoms with E-state index in [0.717, 1.165) is 22.2 Å². The van der Waals surface area contributed by atoms with Crippen molar-refractivity contribution in [3.63, 3.8) is 0 Å². The number of fused-ring (bicyclic) bond motifs is 3. The molecule has 0 fully saturated rings. The Labute approximate surface area is 210 Å². The third-order valence-corrected chi connectivity index (χ3v) is 6.46. The second-order valence-corrected chi connectivity index (χ2v) is 8.68. The van der Waals surface area contributed by atoms with Crippen LogP contribution in [-0.4, -0.2) is 41.2 Å². The van der Waals surface area contributed by atoms with Crippen LogP contribution in [0.2, 0.25) is 0 Å². The molecule has 2 heterocycles. The van der Waals surface area contributed by atoms with E-state index in [0.29, 0.717) is 31.3 Å². The Hall–Kier alpha value is -4.13. The van der Waals surface area contributed by atoms with Gasteiger partial charge in [-0.1, -0.05) is 54.6 Å². The number of hydrogen-bond acceptors (Lipinski definition) is 5. The molecule has 4 aromatic rings. The molecule has 0 spiro atoms. The molecule has 0 saturated heterocycles. The summed E-state index contributed by atoms with van der Waals surface area (Å²) < 4.78 is 13.2. The number of nitrogens with zero attached hydrogens (tertiary/aromatic N) is 3. The van der Waals surface area contributed by atoms with Gasteiger partial charge in [0.05, 0.1) is 30.3 Å². The maximum Gasteiger partial charge on any atom is 0.321 e. The lowest BCUT2D eigenvalue weighted by Crippen LogP contribution is -2.50. The number of anilines is 1. The van der Waals surface area contributed by atoms with Gasteiger partial charge >= 0.3 is 5.97 Å². The fraction of sp³-hybridized carbons (Fsp3) is 0.276. The number of rotatable bonds is 8. The molecule has 0 saturated carbocycles. The van der Waals surface area contributed by atoms with E-state index in [1.165, 1.54) is 0 Å². The van der Waals surface area contributed by atoms with Gasteiger partial charge in [0.2, 0.25) is 11.9 Å². The van der Waals surface area contributed by atoms with Gasteiger partial charge in [-0.15, -0.1) is 0 Å². The average molecular weight is 484 g/mol. The highest BCUT2D eigenvalue weighted by Gasteiger charge is 2.47. The zero-order chi connectivity index (χ0) is 25.1. The highest BCUT2D eigenvalue weighted by atomic mass is 16.5. The Balaban J connectivity index is 1.67. The second kappa shape index (κ2) is 10.2. The summed E-state index contributed by atoms with van der Waals surface area (Å²) >= 11 is 0. The predicted octanol–water partition coefficient (Wildman–Crippen LogP) is 4.79. The Kier molecular flexibility index (Phi) is 6.71. The molecule has 0 radical (unpaired) electrons. The standard InChI is InChI=1S/C29H29N3O4/c1-3-35-22-14-10-13-21(19-22)26-25(28(34)36-4-2)27(33)31(18-17-20-11-6-5-7-12-20)29-30-23-15-8-9-16-24(23)32(26)29/h5-16,19,25-26H,3-4,17-18H2,1-2H3/t25-,26-/m0/s1. The minimum absolute atomic E-state index is 0.190. The molecule has 7 nitrogen and oxygen atoms in total. The number of amides is 1. The van der Waals surface area contributed by atoms with Crippen molar-refractivity contribution in [3.05, 3.63) is 90.0 Å². The molecule has 1 aliphatic heterocycles. The van der Waals surface area contributed by atoms with E-state index in [-0.39, 0.29) is 12.5 Å². The SMILES string of the molecule is CCOC(=O)[C@@H]1C(=O)N(CCc2ccccc2)c2nc3ccccc3n2[C@H]1c1cccc(OCC)c1. The minimum Gasteiger partial charge on any atom is -0.494 e. The summed E-state index contributed by atoms with van der Waals surface area (Å²) in [5.41, 5.74) is 3.51. The second-order valence-electron chi connectivity index (χ2n) is 8.68. The summed E-state index contributed by atoms with van der Waals surface area (Å²) in [4.78, 5) is 33.9. The lowest BCUT2D eigenvalue weighted by atomic mass is 9.89. The largest absolute Gasteiger partial charge is 0.494 e. The maximum absolute atomic E-state index is 14.0. The zero-order valence-corrected chi connectivity index (χ0v) is 20.5. The summed E-state index contributed by atoms with van der Waals surface area (Å²) in [6.07, 6.45) is 0.635. The first kappa shape index (κ1) is 23.6. The van der Waals surface area contributed by atoms with Crippen LogP contribution in [0.4, 0.5) is 5.95 Å². The number of carbonyl (C=O) groups is 2. The third kappa shape index (κ3) is 4.33. The fourth-order valence-electron chi connectivity index (χ4n) is 4.90. The van der Waals surface area contributed by atoms with Gasteiger partial charge in [0.15, 0.2) is 5.92 Å². The highest BCUT2D eigenvalue weighted by molar-refractivity contribution is 6.08. The van der Waals surface area contributed by atoms with Crippen molar-refractivity contribution >= 4 is 28.9 Å². The number of hydrogen-bond donors (Lipinski definition) is 0. The smallest absolute Gasteiger partial charge is 0.321 e. The van der Waals surface area contributed by atoms with Crippen molar-refractivity contribution in [1.29, 1.82) is 0 Å². The van der Waals surface area contributed by atoms with Crippen LogP contribution in [0.15, 0.2) is 78.9 Å². The van der Waals surface area contributed by atoms with E-state index in [1.54, 1.807) is 11.8 Å². The number of para-hydroxylation sites is 2. The van der Waals surface area contributed by atoms with Crippen LogP contribution in [0.5, 0.6) is 5.75 Å². The van der Waals surface area contributed by atoms with Crippen molar-refractivity contribution in [2.24, 2.45) is 5.92 Å². The Morgan fingerprint density at radius 1 is 0.944 bits per heavy atom. The molecule has 1 amide bonds. The molecular formula is C29H29N3O4. The predicted molar refractivity (Wildman–Crippen MR) is 138 cm³/mol. The molecule has 0 N–H and O–H groups in total. The molecule has 7 heteroatoms. The summed E-state index contributed by atoms with van der Waals surface area (Å²) in [5.74, 6) is -0.684. The molecule has 0 unspecified atom stereocenters. The quantitative estimate of drug-likeness (QED) is 0.266. The van der Waals surface area contributed by atoms with Crippen molar-refractivity contribution in [2.45, 2.75) is 26.3 Å². The molecule has 3 aromatic carbocycles. The topological polar surface area (TPSA) is 73.7 Å². The van der Waals surface area contributed by atoms with Gasteiger partial charge in [-0.2, -0.15) is 0 Å². The van der Waals surface area contributed by atoms with E-state index in [4.69, 9.17) is 14.5 Å².